The number of para-hydroxylation sites is 1. The van der Waals surface area contributed by atoms with Crippen LogP contribution in [-0.4, -0.2) is 56.3 Å². The van der Waals surface area contributed by atoms with Gasteiger partial charge in [-0.2, -0.15) is 0 Å². The summed E-state index contributed by atoms with van der Waals surface area (Å²) in [4.78, 5) is 23.4. The third kappa shape index (κ3) is 5.30. The fourth-order valence-electron chi connectivity index (χ4n) is 6.08. The molecule has 0 saturated carbocycles. The monoisotopic (exact) mass is 610 g/mol. The van der Waals surface area contributed by atoms with Gasteiger partial charge in [-0.3, -0.25) is 9.88 Å². The van der Waals surface area contributed by atoms with E-state index in [4.69, 9.17) is 30.8 Å². The molecule has 0 bridgehead atoms. The average Bonchev–Trinajstić information content (AvgIpc) is 3.47. The summed E-state index contributed by atoms with van der Waals surface area (Å²) >= 11 is 6.04. The van der Waals surface area contributed by atoms with Crippen LogP contribution in [0.2, 0.25) is 5.02 Å². The Labute approximate surface area is 254 Å². The predicted octanol–water partition coefficient (Wildman–Crippen LogP) is 6.02. The van der Waals surface area contributed by atoms with E-state index in [1.54, 1.807) is 30.5 Å². The number of hydrogen-bond donors (Lipinski definition) is 1. The van der Waals surface area contributed by atoms with Crippen molar-refractivity contribution in [1.29, 1.82) is 0 Å². The van der Waals surface area contributed by atoms with Crippen molar-refractivity contribution in [2.24, 2.45) is 0 Å². The molecule has 2 saturated heterocycles. The van der Waals surface area contributed by atoms with E-state index >= 15 is 0 Å². The van der Waals surface area contributed by atoms with Gasteiger partial charge < -0.3 is 23.9 Å². The maximum Gasteiger partial charge on any atom is 0.335 e. The Morgan fingerprint density at radius 1 is 1.12 bits per heavy atom. The first-order valence-electron chi connectivity index (χ1n) is 14.1. The number of pyridine rings is 1. The van der Waals surface area contributed by atoms with E-state index in [1.165, 1.54) is 0 Å². The Morgan fingerprint density at radius 3 is 2.62 bits per heavy atom. The number of benzene rings is 2. The van der Waals surface area contributed by atoms with Gasteiger partial charge in [0.1, 0.15) is 11.5 Å². The number of ether oxygens (including phenoxy) is 3. The van der Waals surface area contributed by atoms with Crippen LogP contribution in [0.5, 0.6) is 11.5 Å². The second-order valence-corrected chi connectivity index (χ2v) is 11.6. The zero-order valence-corrected chi connectivity index (χ0v) is 24.7. The number of nitrogens with zero attached hydrogens (tertiary/aromatic N) is 4. The predicted molar refractivity (Wildman–Crippen MR) is 160 cm³/mol. The number of imidazole rings is 1. The van der Waals surface area contributed by atoms with Crippen molar-refractivity contribution in [3.8, 4) is 11.5 Å². The number of aromatic nitrogens is 3. The lowest BCUT2D eigenvalue weighted by Gasteiger charge is -2.33. The molecule has 5 heterocycles. The van der Waals surface area contributed by atoms with Crippen LogP contribution in [0.25, 0.3) is 11.0 Å². The Kier molecular flexibility index (Phi) is 7.78. The van der Waals surface area contributed by atoms with Gasteiger partial charge in [0.25, 0.3) is 5.79 Å². The van der Waals surface area contributed by atoms with E-state index in [0.29, 0.717) is 29.7 Å². The summed E-state index contributed by atoms with van der Waals surface area (Å²) in [5, 5.41) is 10.1. The highest BCUT2D eigenvalue weighted by Crippen LogP contribution is 2.49. The fourth-order valence-corrected chi connectivity index (χ4v) is 6.19. The second kappa shape index (κ2) is 11.4. The van der Waals surface area contributed by atoms with Crippen LogP contribution in [-0.2, 0) is 23.6 Å². The molecule has 42 heavy (non-hydrogen) atoms. The van der Waals surface area contributed by atoms with Crippen LogP contribution in [0.1, 0.15) is 59.5 Å². The number of rotatable bonds is 7. The summed E-state index contributed by atoms with van der Waals surface area (Å²) < 4.78 is 20.6. The van der Waals surface area contributed by atoms with Crippen molar-refractivity contribution in [3.63, 3.8) is 0 Å². The van der Waals surface area contributed by atoms with Crippen LogP contribution in [0.4, 0.5) is 0 Å². The van der Waals surface area contributed by atoms with Crippen LogP contribution in [0.3, 0.4) is 0 Å². The number of aromatic carboxylic acids is 1. The van der Waals surface area contributed by atoms with Crippen LogP contribution < -0.4 is 9.47 Å². The lowest BCUT2D eigenvalue weighted by molar-refractivity contribution is -0.0722. The molecule has 11 heteroatoms. The number of hydrogen-bond acceptors (Lipinski definition) is 7. The van der Waals surface area contributed by atoms with Gasteiger partial charge in [-0.25, -0.2) is 9.78 Å². The lowest BCUT2D eigenvalue weighted by atomic mass is 9.88. The summed E-state index contributed by atoms with van der Waals surface area (Å²) in [6.07, 6.45) is 4.70. The van der Waals surface area contributed by atoms with Crippen molar-refractivity contribution in [1.82, 2.24) is 19.4 Å². The van der Waals surface area contributed by atoms with E-state index in [2.05, 4.69) is 20.5 Å². The van der Waals surface area contributed by atoms with Gasteiger partial charge in [0.2, 0.25) is 0 Å². The van der Waals surface area contributed by atoms with E-state index in [-0.39, 0.29) is 24.1 Å². The molecule has 2 aromatic carbocycles. The number of halogens is 2. The largest absolute Gasteiger partial charge is 0.478 e. The van der Waals surface area contributed by atoms with Crippen molar-refractivity contribution in [2.75, 3.05) is 19.7 Å². The fraction of sp³-hybridized carbons (Fsp3) is 0.387. The molecule has 0 aliphatic carbocycles. The van der Waals surface area contributed by atoms with E-state index in [0.717, 1.165) is 72.9 Å². The van der Waals surface area contributed by atoms with Gasteiger partial charge in [0, 0.05) is 25.3 Å². The molecular weight excluding hydrogens is 579 g/mol. The molecule has 2 fully saturated rings. The number of carboxylic acid groups (broad SMARTS) is 1. The van der Waals surface area contributed by atoms with Gasteiger partial charge in [-0.05, 0) is 74.7 Å². The third-order valence-corrected chi connectivity index (χ3v) is 8.67. The Balaban J connectivity index is 0.00000316. The molecule has 2 atom stereocenters. The summed E-state index contributed by atoms with van der Waals surface area (Å²) in [6, 6.07) is 14.9. The zero-order chi connectivity index (χ0) is 28.1. The minimum absolute atomic E-state index is 0. The highest BCUT2D eigenvalue weighted by atomic mass is 35.5. The molecule has 2 aromatic heterocycles. The summed E-state index contributed by atoms with van der Waals surface area (Å²) in [6.45, 7) is 5.86. The Bertz CT molecular complexity index is 1620. The number of likely N-dealkylation sites (tertiary alicyclic amines) is 1. The molecule has 0 unspecified atom stereocenters. The second-order valence-electron chi connectivity index (χ2n) is 11.2. The summed E-state index contributed by atoms with van der Waals surface area (Å²) in [5.41, 5.74) is 3.76. The number of carboxylic acids is 1. The highest BCUT2D eigenvalue weighted by Gasteiger charge is 2.42. The number of carbonyl (C=O) groups is 1. The standard InChI is InChI=1S/C31H31ClN4O5.ClH/c1-31(27-8-6-21(32)16-33-27)40-26-4-2-3-23(29(26)41-31)19-9-12-35(13-10-19)18-28-34-24-7-5-20(30(37)38)15-25(24)36(28)17-22-11-14-39-22;/h2-8,15-16,19,22H,9-14,17-18H2,1H3,(H,37,38);1H/t22-,31-;/m0./s1. The van der Waals surface area contributed by atoms with Gasteiger partial charge in [-0.1, -0.05) is 23.7 Å². The first-order valence-corrected chi connectivity index (χ1v) is 14.4. The lowest BCUT2D eigenvalue weighted by Crippen LogP contribution is -2.35. The molecule has 9 nitrogen and oxygen atoms in total. The molecule has 220 valence electrons. The molecule has 0 spiro atoms. The highest BCUT2D eigenvalue weighted by molar-refractivity contribution is 6.30. The van der Waals surface area contributed by atoms with Gasteiger partial charge in [0.05, 0.1) is 40.8 Å². The smallest absolute Gasteiger partial charge is 0.335 e. The van der Waals surface area contributed by atoms with Gasteiger partial charge in [0.15, 0.2) is 11.5 Å². The minimum atomic E-state index is -1.01. The number of fused-ring (bicyclic) bond motifs is 2. The summed E-state index contributed by atoms with van der Waals surface area (Å²) in [5.74, 6) is 0.868. The molecule has 1 N–H and O–H groups in total. The molecule has 3 aliphatic rings. The quantitative estimate of drug-likeness (QED) is 0.271. The average molecular weight is 612 g/mol. The van der Waals surface area contributed by atoms with Crippen molar-refractivity contribution in [2.45, 2.75) is 57.1 Å². The molecule has 3 aliphatic heterocycles. The van der Waals surface area contributed by atoms with Gasteiger partial charge >= 0.3 is 5.97 Å². The minimum Gasteiger partial charge on any atom is -0.478 e. The van der Waals surface area contributed by atoms with Crippen LogP contribution in [0.15, 0.2) is 54.7 Å². The SMILES string of the molecule is C[C@]1(c2ccc(Cl)cn2)Oc2cccc(C3CCN(Cc4nc5ccc(C(=O)O)cc5n4C[C@@H]4CCO4)CC3)c2O1.Cl. The Hall–Kier alpha value is -3.37. The molecular formula is C31H32Cl2N4O5. The first-order chi connectivity index (χ1) is 19.9. The first kappa shape index (κ1) is 28.7. The molecule has 0 radical (unpaired) electrons. The van der Waals surface area contributed by atoms with Crippen molar-refractivity contribution >= 4 is 41.0 Å². The molecule has 4 aromatic rings. The molecule has 0 amide bonds. The molecule has 7 rings (SSSR count). The van der Waals surface area contributed by atoms with Crippen LogP contribution in [0, 0.1) is 0 Å². The van der Waals surface area contributed by atoms with Crippen molar-refractivity contribution < 1.29 is 24.1 Å². The van der Waals surface area contributed by atoms with Gasteiger partial charge in [-0.15, -0.1) is 12.4 Å². The zero-order valence-electron chi connectivity index (χ0n) is 23.2. The topological polar surface area (TPSA) is 98.9 Å². The maximum absolute atomic E-state index is 11.6. The maximum atomic E-state index is 11.6. The normalized spacial score (nSPS) is 22.1. The number of piperidine rings is 1. The van der Waals surface area contributed by atoms with E-state index < -0.39 is 11.8 Å². The van der Waals surface area contributed by atoms with Crippen molar-refractivity contribution in [3.05, 3.63) is 82.4 Å². The Morgan fingerprint density at radius 2 is 1.93 bits per heavy atom. The van der Waals surface area contributed by atoms with E-state index in [9.17, 15) is 9.90 Å². The van der Waals surface area contributed by atoms with E-state index in [1.807, 2.05) is 25.1 Å². The summed E-state index contributed by atoms with van der Waals surface area (Å²) in [7, 11) is 0. The third-order valence-electron chi connectivity index (χ3n) is 8.45. The van der Waals surface area contributed by atoms with Crippen LogP contribution >= 0.6 is 24.0 Å².